The lowest BCUT2D eigenvalue weighted by atomic mass is 10.1. The maximum absolute atomic E-state index is 5.15. The van der Waals surface area contributed by atoms with Gasteiger partial charge in [-0.3, -0.25) is 0 Å². The average molecular weight is 247 g/mol. The average Bonchev–Trinajstić information content (AvgIpc) is 2.93. The number of methoxy groups -OCH3 is 1. The number of nitrogens with one attached hydrogen (secondary N) is 1. The molecule has 0 saturated carbocycles. The topological polar surface area (TPSA) is 60.2 Å². The van der Waals surface area contributed by atoms with Gasteiger partial charge in [-0.05, 0) is 30.7 Å². The fraction of sp³-hybridized carbons (Fsp3) is 0.385. The standard InChI is InChI=1S/C13H17N3O2/c1-3-11(8-17-2)15-12-6-4-10(5-7-12)13-16-14-9-18-13/h4-7,9,11,15H,3,8H2,1-2H3. The largest absolute Gasteiger partial charge is 0.423 e. The van der Waals surface area contributed by atoms with Crippen LogP contribution in [0.25, 0.3) is 11.5 Å². The van der Waals surface area contributed by atoms with Crippen molar-refractivity contribution in [2.24, 2.45) is 0 Å². The first kappa shape index (κ1) is 12.6. The van der Waals surface area contributed by atoms with Gasteiger partial charge in [0.1, 0.15) is 0 Å². The molecule has 1 N–H and O–H groups in total. The molecule has 5 nitrogen and oxygen atoms in total. The molecule has 1 heterocycles. The first-order chi connectivity index (χ1) is 8.83. The van der Waals surface area contributed by atoms with Crippen molar-refractivity contribution < 1.29 is 9.15 Å². The minimum absolute atomic E-state index is 0.323. The van der Waals surface area contributed by atoms with Crippen LogP contribution in [0.2, 0.25) is 0 Å². The van der Waals surface area contributed by atoms with E-state index in [1.165, 1.54) is 6.39 Å². The summed E-state index contributed by atoms with van der Waals surface area (Å²) in [5.74, 6) is 0.533. The van der Waals surface area contributed by atoms with Crippen LogP contribution >= 0.6 is 0 Å². The number of nitrogens with zero attached hydrogens (tertiary/aromatic N) is 2. The van der Waals surface area contributed by atoms with Gasteiger partial charge >= 0.3 is 0 Å². The van der Waals surface area contributed by atoms with Crippen LogP contribution in [0, 0.1) is 0 Å². The third kappa shape index (κ3) is 3.07. The van der Waals surface area contributed by atoms with E-state index < -0.39 is 0 Å². The van der Waals surface area contributed by atoms with Crippen molar-refractivity contribution in [2.75, 3.05) is 19.0 Å². The Morgan fingerprint density at radius 3 is 2.67 bits per heavy atom. The summed E-state index contributed by atoms with van der Waals surface area (Å²) in [5, 5.41) is 10.9. The molecule has 5 heteroatoms. The van der Waals surface area contributed by atoms with Crippen molar-refractivity contribution in [2.45, 2.75) is 19.4 Å². The highest BCUT2D eigenvalue weighted by atomic mass is 16.5. The second-order valence-electron chi connectivity index (χ2n) is 4.03. The van der Waals surface area contributed by atoms with E-state index in [-0.39, 0.29) is 0 Å². The fourth-order valence-corrected chi connectivity index (χ4v) is 1.71. The van der Waals surface area contributed by atoms with Gasteiger partial charge in [0.2, 0.25) is 12.3 Å². The lowest BCUT2D eigenvalue weighted by Gasteiger charge is -2.17. The maximum atomic E-state index is 5.15. The predicted octanol–water partition coefficient (Wildman–Crippen LogP) is 2.57. The summed E-state index contributed by atoms with van der Waals surface area (Å²) in [5.41, 5.74) is 1.97. The first-order valence-corrected chi connectivity index (χ1v) is 5.95. The van der Waals surface area contributed by atoms with E-state index in [0.717, 1.165) is 17.7 Å². The van der Waals surface area contributed by atoms with Crippen molar-refractivity contribution in [3.8, 4) is 11.5 Å². The molecule has 2 rings (SSSR count). The van der Waals surface area contributed by atoms with Crippen LogP contribution in [0.15, 0.2) is 35.1 Å². The van der Waals surface area contributed by atoms with Gasteiger partial charge in [0, 0.05) is 24.4 Å². The molecule has 1 unspecified atom stereocenters. The molecule has 1 aromatic carbocycles. The summed E-state index contributed by atoms with van der Waals surface area (Å²) in [7, 11) is 1.71. The zero-order chi connectivity index (χ0) is 12.8. The highest BCUT2D eigenvalue weighted by Crippen LogP contribution is 2.19. The number of benzene rings is 1. The van der Waals surface area contributed by atoms with Gasteiger partial charge < -0.3 is 14.5 Å². The highest BCUT2D eigenvalue weighted by molar-refractivity contribution is 5.58. The van der Waals surface area contributed by atoms with Crippen LogP contribution in [0.5, 0.6) is 0 Å². The molecular formula is C13H17N3O2. The van der Waals surface area contributed by atoms with Crippen LogP contribution in [0.4, 0.5) is 5.69 Å². The Bertz CT molecular complexity index is 454. The van der Waals surface area contributed by atoms with Crippen molar-refractivity contribution in [1.29, 1.82) is 0 Å². The van der Waals surface area contributed by atoms with Crippen molar-refractivity contribution in [3.63, 3.8) is 0 Å². The minimum atomic E-state index is 0.323. The Kier molecular flexibility index (Phi) is 4.30. The summed E-state index contributed by atoms with van der Waals surface area (Å²) in [6, 6.07) is 8.23. The Morgan fingerprint density at radius 1 is 1.33 bits per heavy atom. The summed E-state index contributed by atoms with van der Waals surface area (Å²) in [6.45, 7) is 2.82. The van der Waals surface area contributed by atoms with E-state index in [1.807, 2.05) is 24.3 Å². The predicted molar refractivity (Wildman–Crippen MR) is 69.3 cm³/mol. The van der Waals surface area contributed by atoms with E-state index in [9.17, 15) is 0 Å². The third-order valence-electron chi connectivity index (χ3n) is 2.72. The van der Waals surface area contributed by atoms with Gasteiger partial charge in [-0.25, -0.2) is 0 Å². The maximum Gasteiger partial charge on any atom is 0.247 e. The zero-order valence-electron chi connectivity index (χ0n) is 10.6. The number of hydrogen-bond donors (Lipinski definition) is 1. The second-order valence-corrected chi connectivity index (χ2v) is 4.03. The van der Waals surface area contributed by atoms with Gasteiger partial charge in [0.05, 0.1) is 6.61 Å². The Morgan fingerprint density at radius 2 is 2.11 bits per heavy atom. The van der Waals surface area contributed by atoms with Crippen molar-refractivity contribution in [1.82, 2.24) is 10.2 Å². The molecule has 96 valence electrons. The van der Waals surface area contributed by atoms with Gasteiger partial charge in [0.15, 0.2) is 0 Å². The van der Waals surface area contributed by atoms with E-state index in [0.29, 0.717) is 18.5 Å². The van der Waals surface area contributed by atoms with E-state index in [1.54, 1.807) is 7.11 Å². The first-order valence-electron chi connectivity index (χ1n) is 5.95. The van der Waals surface area contributed by atoms with Gasteiger partial charge in [-0.2, -0.15) is 0 Å². The Balaban J connectivity index is 2.03. The van der Waals surface area contributed by atoms with Crippen LogP contribution in [-0.2, 0) is 4.74 Å². The molecule has 0 aliphatic heterocycles. The van der Waals surface area contributed by atoms with E-state index in [2.05, 4.69) is 22.4 Å². The van der Waals surface area contributed by atoms with Crippen molar-refractivity contribution in [3.05, 3.63) is 30.7 Å². The molecule has 0 radical (unpaired) electrons. The molecule has 0 spiro atoms. The summed E-state index contributed by atoms with van der Waals surface area (Å²) in [6.07, 6.45) is 2.34. The molecule has 2 aromatic rings. The number of rotatable bonds is 6. The molecular weight excluding hydrogens is 230 g/mol. The Labute approximate surface area is 106 Å². The monoisotopic (exact) mass is 247 g/mol. The molecule has 0 fully saturated rings. The molecule has 0 aliphatic carbocycles. The second kappa shape index (κ2) is 6.16. The summed E-state index contributed by atoms with van der Waals surface area (Å²) < 4.78 is 10.3. The normalized spacial score (nSPS) is 12.3. The molecule has 0 amide bonds. The van der Waals surface area contributed by atoms with Crippen molar-refractivity contribution >= 4 is 5.69 Å². The van der Waals surface area contributed by atoms with Gasteiger partial charge in [-0.1, -0.05) is 6.92 Å². The van der Waals surface area contributed by atoms with E-state index >= 15 is 0 Å². The molecule has 1 atom stereocenters. The summed E-state index contributed by atoms with van der Waals surface area (Å²) >= 11 is 0. The number of anilines is 1. The van der Waals surface area contributed by atoms with E-state index in [4.69, 9.17) is 9.15 Å². The molecule has 0 saturated heterocycles. The number of hydrogen-bond acceptors (Lipinski definition) is 5. The Hall–Kier alpha value is -1.88. The van der Waals surface area contributed by atoms with Crippen LogP contribution in [0.1, 0.15) is 13.3 Å². The quantitative estimate of drug-likeness (QED) is 0.850. The van der Waals surface area contributed by atoms with Crippen LogP contribution in [-0.4, -0.2) is 30.0 Å². The molecule has 1 aromatic heterocycles. The number of ether oxygens (including phenoxy) is 1. The van der Waals surface area contributed by atoms with Crippen LogP contribution < -0.4 is 5.32 Å². The number of aromatic nitrogens is 2. The lowest BCUT2D eigenvalue weighted by molar-refractivity contribution is 0.184. The summed E-state index contributed by atoms with van der Waals surface area (Å²) in [4.78, 5) is 0. The molecule has 0 bridgehead atoms. The van der Waals surface area contributed by atoms with Gasteiger partial charge in [-0.15, -0.1) is 10.2 Å². The lowest BCUT2D eigenvalue weighted by Crippen LogP contribution is -2.23. The third-order valence-corrected chi connectivity index (χ3v) is 2.72. The zero-order valence-corrected chi connectivity index (χ0v) is 10.6. The highest BCUT2D eigenvalue weighted by Gasteiger charge is 2.06. The van der Waals surface area contributed by atoms with Crippen LogP contribution in [0.3, 0.4) is 0 Å². The fourth-order valence-electron chi connectivity index (χ4n) is 1.71. The SMILES string of the molecule is CCC(COC)Nc1ccc(-c2nnco2)cc1. The molecule has 0 aliphatic rings. The van der Waals surface area contributed by atoms with Gasteiger partial charge in [0.25, 0.3) is 0 Å². The smallest absolute Gasteiger partial charge is 0.247 e. The minimum Gasteiger partial charge on any atom is -0.423 e. The molecule has 18 heavy (non-hydrogen) atoms.